The fourth-order valence-corrected chi connectivity index (χ4v) is 5.51. The zero-order valence-electron chi connectivity index (χ0n) is 20.2. The smallest absolute Gasteiger partial charge is 0.335 e. The number of fused-ring (bicyclic) bond motifs is 1. The van der Waals surface area contributed by atoms with Crippen LogP contribution >= 0.6 is 11.3 Å². The third-order valence-corrected chi connectivity index (χ3v) is 7.57. The van der Waals surface area contributed by atoms with Crippen molar-refractivity contribution in [3.63, 3.8) is 0 Å². The predicted octanol–water partition coefficient (Wildman–Crippen LogP) is 6.14. The zero-order valence-corrected chi connectivity index (χ0v) is 21.0. The Kier molecular flexibility index (Phi) is 6.88. The molecule has 3 aromatic rings. The van der Waals surface area contributed by atoms with Crippen LogP contribution in [0.15, 0.2) is 71.8 Å². The van der Waals surface area contributed by atoms with Crippen molar-refractivity contribution in [2.45, 2.75) is 38.7 Å². The minimum Gasteiger partial charge on any atom is -0.492 e. The summed E-state index contributed by atoms with van der Waals surface area (Å²) < 4.78 is 18.9. The number of carbonyl (C=O) groups excluding carboxylic acids is 1. The SMILES string of the molecule is CC/C=C\C1=C(C)C(=O)OC12CCN(CCOc1ccc(Oc3nc4ccccc4s3)cc1)CC2. The molecule has 35 heavy (non-hydrogen) atoms. The van der Waals surface area contributed by atoms with Crippen molar-refractivity contribution in [1.82, 2.24) is 9.88 Å². The van der Waals surface area contributed by atoms with Gasteiger partial charge >= 0.3 is 5.97 Å². The molecule has 0 N–H and O–H groups in total. The standard InChI is InChI=1S/C28H30N2O4S/c1-3-4-7-23-20(2)26(31)34-28(23)14-16-30(17-15-28)18-19-32-21-10-12-22(13-11-21)33-27-29-24-8-5-6-9-25(24)35-27/h4-13H,3,14-19H2,1-2H3/b7-4-. The molecule has 182 valence electrons. The highest BCUT2D eigenvalue weighted by Gasteiger charge is 2.46. The summed E-state index contributed by atoms with van der Waals surface area (Å²) in [6, 6.07) is 15.7. The number of carbonyl (C=O) groups is 1. The summed E-state index contributed by atoms with van der Waals surface area (Å²) in [5, 5.41) is 0.633. The van der Waals surface area contributed by atoms with E-state index in [0.717, 1.165) is 71.8 Å². The highest BCUT2D eigenvalue weighted by Crippen LogP contribution is 2.41. The third-order valence-electron chi connectivity index (χ3n) is 6.65. The average Bonchev–Trinajstić information content (AvgIpc) is 3.38. The molecule has 0 saturated carbocycles. The number of hydrogen-bond acceptors (Lipinski definition) is 7. The molecule has 0 bridgehead atoms. The van der Waals surface area contributed by atoms with Crippen LogP contribution in [0.5, 0.6) is 16.7 Å². The van der Waals surface area contributed by atoms with E-state index in [2.05, 4.69) is 29.0 Å². The van der Waals surface area contributed by atoms with Gasteiger partial charge in [0.05, 0.1) is 10.2 Å². The van der Waals surface area contributed by atoms with Gasteiger partial charge in [-0.1, -0.05) is 42.5 Å². The maximum atomic E-state index is 12.2. The van der Waals surface area contributed by atoms with Gasteiger partial charge in [-0.3, -0.25) is 4.90 Å². The molecule has 0 unspecified atom stereocenters. The summed E-state index contributed by atoms with van der Waals surface area (Å²) >= 11 is 1.53. The van der Waals surface area contributed by atoms with Gasteiger partial charge in [-0.2, -0.15) is 0 Å². The number of likely N-dealkylation sites (tertiary alicyclic amines) is 1. The first-order valence-corrected chi connectivity index (χ1v) is 13.0. The molecule has 7 heteroatoms. The van der Waals surface area contributed by atoms with Gasteiger partial charge in [0.2, 0.25) is 0 Å². The number of ether oxygens (including phenoxy) is 3. The van der Waals surface area contributed by atoms with Crippen LogP contribution in [0.1, 0.15) is 33.1 Å². The number of nitrogens with zero attached hydrogens (tertiary/aromatic N) is 2. The number of aromatic nitrogens is 1. The summed E-state index contributed by atoms with van der Waals surface area (Å²) in [4.78, 5) is 19.1. The summed E-state index contributed by atoms with van der Waals surface area (Å²) in [7, 11) is 0. The van der Waals surface area contributed by atoms with E-state index in [1.807, 2.05) is 55.5 Å². The van der Waals surface area contributed by atoms with Crippen LogP contribution in [0, 0.1) is 0 Å². The lowest BCUT2D eigenvalue weighted by Gasteiger charge is -2.39. The molecule has 1 fully saturated rings. The molecule has 6 nitrogen and oxygen atoms in total. The largest absolute Gasteiger partial charge is 0.492 e. The Morgan fingerprint density at radius 3 is 2.60 bits per heavy atom. The molecule has 2 aliphatic rings. The lowest BCUT2D eigenvalue weighted by molar-refractivity contribution is -0.150. The Morgan fingerprint density at radius 2 is 1.86 bits per heavy atom. The topological polar surface area (TPSA) is 60.9 Å². The van der Waals surface area contributed by atoms with Crippen LogP contribution in [-0.4, -0.2) is 47.7 Å². The van der Waals surface area contributed by atoms with Crippen LogP contribution in [0.4, 0.5) is 0 Å². The second-order valence-corrected chi connectivity index (χ2v) is 9.94. The van der Waals surface area contributed by atoms with Gasteiger partial charge < -0.3 is 14.2 Å². The summed E-state index contributed by atoms with van der Waals surface area (Å²) in [5.41, 5.74) is 2.31. The van der Waals surface area contributed by atoms with Crippen LogP contribution < -0.4 is 9.47 Å². The molecule has 2 aromatic carbocycles. The number of piperidine rings is 1. The van der Waals surface area contributed by atoms with Gasteiger partial charge in [-0.05, 0) is 49.7 Å². The summed E-state index contributed by atoms with van der Waals surface area (Å²) in [6.07, 6.45) is 6.77. The number of para-hydroxylation sites is 1. The van der Waals surface area contributed by atoms with E-state index in [4.69, 9.17) is 14.2 Å². The Labute approximate surface area is 209 Å². The number of esters is 1. The molecule has 0 amide bonds. The molecule has 5 rings (SSSR count). The van der Waals surface area contributed by atoms with E-state index in [1.54, 1.807) is 0 Å². The molecule has 1 saturated heterocycles. The van der Waals surface area contributed by atoms with E-state index in [0.29, 0.717) is 11.8 Å². The van der Waals surface area contributed by atoms with E-state index in [-0.39, 0.29) is 5.97 Å². The highest BCUT2D eigenvalue weighted by atomic mass is 32.1. The van der Waals surface area contributed by atoms with Gasteiger partial charge in [0.1, 0.15) is 23.7 Å². The van der Waals surface area contributed by atoms with Crippen molar-refractivity contribution in [3.8, 4) is 16.7 Å². The number of allylic oxidation sites excluding steroid dienone is 1. The van der Waals surface area contributed by atoms with Crippen LogP contribution in [0.3, 0.4) is 0 Å². The van der Waals surface area contributed by atoms with E-state index in [9.17, 15) is 4.79 Å². The van der Waals surface area contributed by atoms with Gasteiger partial charge in [-0.15, -0.1) is 0 Å². The molecular formula is C28H30N2O4S. The Bertz CT molecular complexity index is 1220. The quantitative estimate of drug-likeness (QED) is 0.354. The first kappa shape index (κ1) is 23.6. The van der Waals surface area contributed by atoms with Crippen LogP contribution in [0.2, 0.25) is 0 Å². The molecule has 0 aliphatic carbocycles. The van der Waals surface area contributed by atoms with E-state index < -0.39 is 5.60 Å². The van der Waals surface area contributed by atoms with E-state index in [1.165, 1.54) is 11.3 Å². The molecule has 1 spiro atoms. The minimum atomic E-state index is -0.455. The molecule has 2 aliphatic heterocycles. The second kappa shape index (κ2) is 10.2. The predicted molar refractivity (Wildman–Crippen MR) is 138 cm³/mol. The van der Waals surface area contributed by atoms with Crippen LogP contribution in [-0.2, 0) is 9.53 Å². The van der Waals surface area contributed by atoms with Crippen molar-refractivity contribution in [2.75, 3.05) is 26.2 Å². The fourth-order valence-electron chi connectivity index (χ4n) is 4.67. The molecule has 3 heterocycles. The van der Waals surface area contributed by atoms with Crippen molar-refractivity contribution in [1.29, 1.82) is 0 Å². The first-order valence-electron chi connectivity index (χ1n) is 12.2. The minimum absolute atomic E-state index is 0.173. The van der Waals surface area contributed by atoms with Gasteiger partial charge in [0.25, 0.3) is 5.19 Å². The molecule has 0 atom stereocenters. The second-order valence-electron chi connectivity index (χ2n) is 8.94. The lowest BCUT2D eigenvalue weighted by Crippen LogP contribution is -2.46. The molecular weight excluding hydrogens is 460 g/mol. The van der Waals surface area contributed by atoms with Gasteiger partial charge in [0, 0.05) is 43.6 Å². The van der Waals surface area contributed by atoms with Gasteiger partial charge in [0.15, 0.2) is 0 Å². The lowest BCUT2D eigenvalue weighted by atomic mass is 9.83. The number of hydrogen-bond donors (Lipinski definition) is 0. The Hall–Kier alpha value is -3.16. The number of thiazole rings is 1. The fraction of sp³-hybridized carbons (Fsp3) is 0.357. The maximum Gasteiger partial charge on any atom is 0.335 e. The first-order chi connectivity index (χ1) is 17.1. The summed E-state index contributed by atoms with van der Waals surface area (Å²) in [5.74, 6) is 1.37. The monoisotopic (exact) mass is 490 g/mol. The Balaban J connectivity index is 1.10. The van der Waals surface area contributed by atoms with Crippen molar-refractivity contribution >= 4 is 27.5 Å². The molecule has 1 aromatic heterocycles. The normalized spacial score (nSPS) is 18.1. The highest BCUT2D eigenvalue weighted by molar-refractivity contribution is 7.20. The van der Waals surface area contributed by atoms with Crippen molar-refractivity contribution in [3.05, 3.63) is 71.8 Å². The average molecular weight is 491 g/mol. The van der Waals surface area contributed by atoms with E-state index >= 15 is 0 Å². The Morgan fingerprint density at radius 1 is 1.11 bits per heavy atom. The molecule has 0 radical (unpaired) electrons. The third kappa shape index (κ3) is 5.11. The van der Waals surface area contributed by atoms with Crippen LogP contribution in [0.25, 0.3) is 10.2 Å². The van der Waals surface area contributed by atoms with Crippen molar-refractivity contribution in [2.24, 2.45) is 0 Å². The number of benzene rings is 2. The zero-order chi connectivity index (χ0) is 24.3. The maximum absolute atomic E-state index is 12.2. The summed E-state index contributed by atoms with van der Waals surface area (Å²) in [6.45, 7) is 7.16. The number of rotatable bonds is 8. The van der Waals surface area contributed by atoms with Crippen molar-refractivity contribution < 1.29 is 19.0 Å². The van der Waals surface area contributed by atoms with Gasteiger partial charge in [-0.25, -0.2) is 9.78 Å².